The Morgan fingerprint density at radius 1 is 1.32 bits per heavy atom. The van der Waals surface area contributed by atoms with Gasteiger partial charge in [-0.3, -0.25) is 14.3 Å². The fourth-order valence-corrected chi connectivity index (χ4v) is 1.83. The molecule has 1 heterocycles. The van der Waals surface area contributed by atoms with Gasteiger partial charge in [0.2, 0.25) is 11.8 Å². The molecule has 0 saturated heterocycles. The van der Waals surface area contributed by atoms with Crippen LogP contribution in [0.25, 0.3) is 5.57 Å². The molecule has 0 spiro atoms. The minimum atomic E-state index is -0.520. The van der Waals surface area contributed by atoms with E-state index in [2.05, 4.69) is 10.4 Å². The largest absolute Gasteiger partial charge is 0.368 e. The molecule has 1 aromatic carbocycles. The van der Waals surface area contributed by atoms with Gasteiger partial charge in [0.05, 0.1) is 0 Å². The molecular weight excluding hydrogens is 287 g/mol. The highest BCUT2D eigenvalue weighted by molar-refractivity contribution is 6.03. The number of primary amides is 1. The van der Waals surface area contributed by atoms with Crippen molar-refractivity contribution in [2.45, 2.75) is 13.5 Å². The Morgan fingerprint density at radius 2 is 2.00 bits per heavy atom. The maximum absolute atomic E-state index is 12.9. The van der Waals surface area contributed by atoms with Gasteiger partial charge in [0.25, 0.3) is 0 Å². The van der Waals surface area contributed by atoms with Crippen molar-refractivity contribution in [3.8, 4) is 0 Å². The van der Waals surface area contributed by atoms with Gasteiger partial charge in [0.15, 0.2) is 5.82 Å². The molecule has 3 N–H and O–H groups in total. The fraction of sp³-hybridized carbons (Fsp3) is 0.133. The first-order valence-corrected chi connectivity index (χ1v) is 6.51. The van der Waals surface area contributed by atoms with Crippen LogP contribution in [0.3, 0.4) is 0 Å². The molecule has 0 atom stereocenters. The molecule has 0 unspecified atom stereocenters. The normalized spacial score (nSPS) is 11.3. The van der Waals surface area contributed by atoms with Crippen LogP contribution in [0.15, 0.2) is 42.6 Å². The standard InChI is InChI=1S/C15H15FN4O2/c1-10(11-2-4-12(16)5-3-11)8-15(22)18-14-6-7-20(19-14)9-13(17)21/h2-8H,9H2,1H3,(H2,17,21)(H,18,19,22)/b10-8+. The maximum Gasteiger partial charge on any atom is 0.249 e. The Hall–Kier alpha value is -2.96. The van der Waals surface area contributed by atoms with Gasteiger partial charge < -0.3 is 11.1 Å². The number of halogens is 1. The van der Waals surface area contributed by atoms with Crippen molar-refractivity contribution in [1.29, 1.82) is 0 Å². The molecule has 2 rings (SSSR count). The molecule has 6 nitrogen and oxygen atoms in total. The summed E-state index contributed by atoms with van der Waals surface area (Å²) in [5.74, 6) is -0.908. The number of aromatic nitrogens is 2. The number of nitrogens with zero attached hydrogens (tertiary/aromatic N) is 2. The van der Waals surface area contributed by atoms with Gasteiger partial charge in [-0.2, -0.15) is 5.10 Å². The summed E-state index contributed by atoms with van der Waals surface area (Å²) in [6.45, 7) is 1.69. The molecule has 22 heavy (non-hydrogen) atoms. The second-order valence-corrected chi connectivity index (χ2v) is 4.69. The smallest absolute Gasteiger partial charge is 0.249 e. The van der Waals surface area contributed by atoms with Gasteiger partial charge in [-0.05, 0) is 30.2 Å². The predicted molar refractivity (Wildman–Crippen MR) is 80.1 cm³/mol. The van der Waals surface area contributed by atoms with Gasteiger partial charge in [-0.25, -0.2) is 4.39 Å². The summed E-state index contributed by atoms with van der Waals surface area (Å²) in [6, 6.07) is 7.40. The molecule has 7 heteroatoms. The van der Waals surface area contributed by atoms with Gasteiger partial charge >= 0.3 is 0 Å². The first kappa shape index (κ1) is 15.4. The van der Waals surface area contributed by atoms with E-state index in [4.69, 9.17) is 5.73 Å². The minimum Gasteiger partial charge on any atom is -0.368 e. The average Bonchev–Trinajstić information content (AvgIpc) is 2.85. The zero-order chi connectivity index (χ0) is 16.1. The first-order valence-electron chi connectivity index (χ1n) is 6.51. The van der Waals surface area contributed by atoms with Crippen molar-refractivity contribution in [1.82, 2.24) is 9.78 Å². The van der Waals surface area contributed by atoms with Crippen molar-refractivity contribution in [2.75, 3.05) is 5.32 Å². The third-order valence-corrected chi connectivity index (χ3v) is 2.86. The highest BCUT2D eigenvalue weighted by Crippen LogP contribution is 2.14. The Kier molecular flexibility index (Phi) is 4.67. The highest BCUT2D eigenvalue weighted by atomic mass is 19.1. The van der Waals surface area contributed by atoms with E-state index < -0.39 is 5.91 Å². The summed E-state index contributed by atoms with van der Waals surface area (Å²) in [4.78, 5) is 22.7. The number of benzene rings is 1. The van der Waals surface area contributed by atoms with E-state index in [-0.39, 0.29) is 18.3 Å². The summed E-state index contributed by atoms with van der Waals surface area (Å²) in [6.07, 6.45) is 2.93. The molecule has 0 radical (unpaired) electrons. The number of hydrogen-bond acceptors (Lipinski definition) is 3. The lowest BCUT2D eigenvalue weighted by Gasteiger charge is -2.02. The Labute approximate surface area is 126 Å². The van der Waals surface area contributed by atoms with E-state index in [1.807, 2.05) is 0 Å². The molecule has 114 valence electrons. The molecule has 0 aliphatic carbocycles. The van der Waals surface area contributed by atoms with E-state index in [0.717, 1.165) is 5.56 Å². The molecule has 2 amide bonds. The van der Waals surface area contributed by atoms with Crippen LogP contribution in [0.5, 0.6) is 0 Å². The van der Waals surface area contributed by atoms with Gasteiger partial charge in [0.1, 0.15) is 12.4 Å². The lowest BCUT2D eigenvalue weighted by molar-refractivity contribution is -0.118. The van der Waals surface area contributed by atoms with E-state index in [9.17, 15) is 14.0 Å². The molecule has 0 fully saturated rings. The topological polar surface area (TPSA) is 90.0 Å². The second kappa shape index (κ2) is 6.66. The van der Waals surface area contributed by atoms with E-state index in [1.165, 1.54) is 29.1 Å². The van der Waals surface area contributed by atoms with E-state index in [0.29, 0.717) is 11.4 Å². The number of nitrogens with two attached hydrogens (primary N) is 1. The van der Waals surface area contributed by atoms with Crippen LogP contribution < -0.4 is 11.1 Å². The summed E-state index contributed by atoms with van der Waals surface area (Å²) in [5.41, 5.74) is 6.49. The molecule has 2 aromatic rings. The number of amides is 2. The number of carbonyl (C=O) groups excluding carboxylic acids is 2. The predicted octanol–water partition coefficient (Wildman–Crippen LogP) is 1.55. The fourth-order valence-electron chi connectivity index (χ4n) is 1.83. The summed E-state index contributed by atoms with van der Waals surface area (Å²) in [5, 5.41) is 6.56. The van der Waals surface area contributed by atoms with Crippen molar-refractivity contribution < 1.29 is 14.0 Å². The highest BCUT2D eigenvalue weighted by Gasteiger charge is 2.05. The van der Waals surface area contributed by atoms with Crippen LogP contribution in [0, 0.1) is 5.82 Å². The monoisotopic (exact) mass is 302 g/mol. The van der Waals surface area contributed by atoms with Crippen molar-refractivity contribution >= 4 is 23.2 Å². The Balaban J connectivity index is 2.02. The number of allylic oxidation sites excluding steroid dienone is 1. The first-order chi connectivity index (χ1) is 10.4. The van der Waals surface area contributed by atoms with Gasteiger partial charge in [-0.15, -0.1) is 0 Å². The number of anilines is 1. The number of nitrogens with one attached hydrogen (secondary N) is 1. The molecule has 0 aliphatic rings. The summed E-state index contributed by atoms with van der Waals surface area (Å²) < 4.78 is 14.2. The number of carbonyl (C=O) groups is 2. The number of hydrogen-bond donors (Lipinski definition) is 2. The minimum absolute atomic E-state index is 0.0552. The van der Waals surface area contributed by atoms with Crippen LogP contribution in [0.1, 0.15) is 12.5 Å². The third kappa shape index (κ3) is 4.27. The van der Waals surface area contributed by atoms with Crippen molar-refractivity contribution in [2.24, 2.45) is 5.73 Å². The van der Waals surface area contributed by atoms with E-state index in [1.54, 1.807) is 25.1 Å². The van der Waals surface area contributed by atoms with Crippen LogP contribution in [0.4, 0.5) is 10.2 Å². The molecule has 1 aromatic heterocycles. The van der Waals surface area contributed by atoms with Crippen LogP contribution in [-0.4, -0.2) is 21.6 Å². The Morgan fingerprint density at radius 3 is 2.64 bits per heavy atom. The van der Waals surface area contributed by atoms with Crippen LogP contribution in [0.2, 0.25) is 0 Å². The molecule has 0 bridgehead atoms. The summed E-state index contributed by atoms with van der Waals surface area (Å²) in [7, 11) is 0. The summed E-state index contributed by atoms with van der Waals surface area (Å²) >= 11 is 0. The quantitative estimate of drug-likeness (QED) is 0.821. The van der Waals surface area contributed by atoms with Crippen LogP contribution >= 0.6 is 0 Å². The molecule has 0 saturated carbocycles. The lowest BCUT2D eigenvalue weighted by atomic mass is 10.1. The number of rotatable bonds is 5. The van der Waals surface area contributed by atoms with E-state index >= 15 is 0 Å². The van der Waals surface area contributed by atoms with Gasteiger partial charge in [-0.1, -0.05) is 12.1 Å². The van der Waals surface area contributed by atoms with Crippen LogP contribution in [-0.2, 0) is 16.1 Å². The van der Waals surface area contributed by atoms with Crippen molar-refractivity contribution in [3.05, 3.63) is 54.0 Å². The third-order valence-electron chi connectivity index (χ3n) is 2.86. The molecule has 0 aliphatic heterocycles. The zero-order valence-electron chi connectivity index (χ0n) is 11.9. The van der Waals surface area contributed by atoms with Gasteiger partial charge in [0, 0.05) is 18.3 Å². The second-order valence-electron chi connectivity index (χ2n) is 4.69. The maximum atomic E-state index is 12.9. The molecular formula is C15H15FN4O2. The lowest BCUT2D eigenvalue weighted by Crippen LogP contribution is -2.19. The zero-order valence-corrected chi connectivity index (χ0v) is 11.9. The van der Waals surface area contributed by atoms with Crippen molar-refractivity contribution in [3.63, 3.8) is 0 Å². The average molecular weight is 302 g/mol. The SMILES string of the molecule is C/C(=C\C(=O)Nc1ccn(CC(N)=O)n1)c1ccc(F)cc1. The Bertz CT molecular complexity index is 719.